The average Bonchev–Trinajstić information content (AvgIpc) is 2.89. The molecule has 6 heteroatoms. The predicted octanol–water partition coefficient (Wildman–Crippen LogP) is 9.19. The van der Waals surface area contributed by atoms with E-state index < -0.39 is 34.8 Å². The number of hydrogen-bond donors (Lipinski definition) is 0. The zero-order valence-electron chi connectivity index (χ0n) is 20.7. The van der Waals surface area contributed by atoms with Crippen LogP contribution in [0, 0.1) is 30.2 Å². The number of benzene rings is 4. The van der Waals surface area contributed by atoms with Crippen molar-refractivity contribution in [2.24, 2.45) is 0 Å². The van der Waals surface area contributed by atoms with E-state index in [-0.39, 0.29) is 16.9 Å². The Morgan fingerprint density at radius 3 is 1.73 bits per heavy atom. The molecule has 0 saturated carbocycles. The Hall–Kier alpha value is -4.06. The van der Waals surface area contributed by atoms with Crippen LogP contribution >= 0.6 is 0 Å². The van der Waals surface area contributed by atoms with Crippen molar-refractivity contribution in [2.75, 3.05) is 0 Å². The van der Waals surface area contributed by atoms with E-state index in [9.17, 15) is 17.6 Å². The van der Waals surface area contributed by atoms with Crippen LogP contribution in [0.15, 0.2) is 85.5 Å². The molecule has 37 heavy (non-hydrogen) atoms. The fraction of sp³-hybridized carbons (Fsp3) is 0.161. The predicted molar refractivity (Wildman–Crippen MR) is 137 cm³/mol. The number of aryl methyl sites for hydroxylation is 1. The Morgan fingerprint density at radius 1 is 0.703 bits per heavy atom. The Labute approximate surface area is 213 Å². The Bertz CT molecular complexity index is 1400. The van der Waals surface area contributed by atoms with E-state index in [2.05, 4.69) is 6.58 Å². The van der Waals surface area contributed by atoms with Crippen LogP contribution in [-0.2, 0) is 11.8 Å². The van der Waals surface area contributed by atoms with Gasteiger partial charge in [-0.05, 0) is 48.2 Å². The summed E-state index contributed by atoms with van der Waals surface area (Å²) in [5.74, 6) is -9.08. The molecule has 4 aromatic rings. The molecular weight excluding hydrogens is 480 g/mol. The second-order valence-corrected chi connectivity index (χ2v) is 9.23. The number of ether oxygens (including phenoxy) is 2. The molecule has 4 aromatic carbocycles. The molecule has 0 aromatic heterocycles. The lowest BCUT2D eigenvalue weighted by molar-refractivity contribution is 0.329. The summed E-state index contributed by atoms with van der Waals surface area (Å²) in [5, 5.41) is 0. The molecule has 0 bridgehead atoms. The third-order valence-electron chi connectivity index (χ3n) is 6.30. The van der Waals surface area contributed by atoms with Gasteiger partial charge in [0.25, 0.3) is 0 Å². The van der Waals surface area contributed by atoms with Gasteiger partial charge in [-0.2, -0.15) is 17.6 Å². The first kappa shape index (κ1) is 26.0. The number of rotatable bonds is 8. The quantitative estimate of drug-likeness (QED) is 0.135. The van der Waals surface area contributed by atoms with E-state index in [4.69, 9.17) is 9.47 Å². The maximum atomic E-state index is 14.9. The van der Waals surface area contributed by atoms with Crippen molar-refractivity contribution in [1.82, 2.24) is 0 Å². The van der Waals surface area contributed by atoms with Crippen molar-refractivity contribution in [3.8, 4) is 23.0 Å². The summed E-state index contributed by atoms with van der Waals surface area (Å²) in [4.78, 5) is 0. The molecule has 0 aliphatic rings. The molecule has 0 amide bonds. The molecule has 0 aliphatic heterocycles. The van der Waals surface area contributed by atoms with E-state index in [1.54, 1.807) is 36.4 Å². The van der Waals surface area contributed by atoms with Crippen molar-refractivity contribution in [3.63, 3.8) is 0 Å². The molecule has 190 valence electrons. The number of para-hydroxylation sites is 1. The van der Waals surface area contributed by atoms with Gasteiger partial charge in [0.1, 0.15) is 11.5 Å². The largest absolute Gasteiger partial charge is 0.451 e. The summed E-state index contributed by atoms with van der Waals surface area (Å²) in [5.41, 5.74) is 3.33. The molecule has 0 spiro atoms. The molecule has 0 radical (unpaired) electrons. The normalized spacial score (nSPS) is 11.3. The molecule has 0 atom stereocenters. The first-order valence-electron chi connectivity index (χ1n) is 11.7. The van der Waals surface area contributed by atoms with E-state index in [1.165, 1.54) is 18.2 Å². The highest BCUT2D eigenvalue weighted by atomic mass is 19.2. The van der Waals surface area contributed by atoms with Gasteiger partial charge in [-0.1, -0.05) is 80.1 Å². The van der Waals surface area contributed by atoms with Gasteiger partial charge in [0.05, 0.1) is 0 Å². The van der Waals surface area contributed by atoms with Crippen molar-refractivity contribution in [2.45, 2.75) is 32.6 Å². The molecule has 0 saturated heterocycles. The zero-order chi connectivity index (χ0) is 26.7. The number of allylic oxidation sites excluding steroid dienone is 1. The minimum atomic E-state index is -1.70. The lowest BCUT2D eigenvalue weighted by Gasteiger charge is -2.26. The summed E-state index contributed by atoms with van der Waals surface area (Å²) in [6.45, 7) is 9.71. The van der Waals surface area contributed by atoms with Crippen molar-refractivity contribution >= 4 is 0 Å². The summed E-state index contributed by atoms with van der Waals surface area (Å²) in [6, 6.07) is 21.0. The maximum absolute atomic E-state index is 14.9. The van der Waals surface area contributed by atoms with Gasteiger partial charge in [0, 0.05) is 5.41 Å². The fourth-order valence-corrected chi connectivity index (χ4v) is 4.00. The monoisotopic (exact) mass is 506 g/mol. The average molecular weight is 507 g/mol. The second-order valence-electron chi connectivity index (χ2n) is 9.23. The number of halogens is 4. The minimum absolute atomic E-state index is 0.0186. The molecule has 2 nitrogen and oxygen atoms in total. The van der Waals surface area contributed by atoms with Gasteiger partial charge in [0.15, 0.2) is 0 Å². The Morgan fingerprint density at radius 2 is 1.19 bits per heavy atom. The first-order valence-corrected chi connectivity index (χ1v) is 11.7. The van der Waals surface area contributed by atoms with Gasteiger partial charge >= 0.3 is 0 Å². The molecule has 0 aliphatic carbocycles. The minimum Gasteiger partial charge on any atom is -0.451 e. The summed E-state index contributed by atoms with van der Waals surface area (Å²) >= 11 is 0. The second kappa shape index (κ2) is 10.5. The molecule has 0 N–H and O–H groups in total. The highest BCUT2D eigenvalue weighted by Gasteiger charge is 2.30. The van der Waals surface area contributed by atoms with Crippen LogP contribution in [0.1, 0.15) is 36.1 Å². The van der Waals surface area contributed by atoms with Crippen LogP contribution in [0.2, 0.25) is 0 Å². The summed E-state index contributed by atoms with van der Waals surface area (Å²) in [7, 11) is 0. The lowest BCUT2D eigenvalue weighted by Crippen LogP contribution is -2.18. The standard InChI is InChI=1S/C31H26F4O2/c1-5-8-20-9-6-7-10-24(20)37-30-27(34)25(32)29(26(33)28(30)35)36-23-17-15-22(16-18-23)31(3,4)21-13-11-19(2)12-14-21/h5-7,9-18H,1,8H2,2-4H3. The van der Waals surface area contributed by atoms with Crippen LogP contribution in [0.5, 0.6) is 23.0 Å². The Balaban J connectivity index is 1.62. The van der Waals surface area contributed by atoms with Crippen molar-refractivity contribution < 1.29 is 27.0 Å². The van der Waals surface area contributed by atoms with Crippen LogP contribution in [-0.4, -0.2) is 0 Å². The highest BCUT2D eigenvalue weighted by molar-refractivity contribution is 5.46. The molecule has 4 rings (SSSR count). The topological polar surface area (TPSA) is 18.5 Å². The smallest absolute Gasteiger partial charge is 0.208 e. The maximum Gasteiger partial charge on any atom is 0.208 e. The van der Waals surface area contributed by atoms with Crippen LogP contribution in [0.4, 0.5) is 17.6 Å². The van der Waals surface area contributed by atoms with Crippen molar-refractivity contribution in [1.29, 1.82) is 0 Å². The van der Waals surface area contributed by atoms with Crippen molar-refractivity contribution in [3.05, 3.63) is 131 Å². The Kier molecular flexibility index (Phi) is 7.39. The number of hydrogen-bond acceptors (Lipinski definition) is 2. The van der Waals surface area contributed by atoms with Gasteiger partial charge < -0.3 is 9.47 Å². The van der Waals surface area contributed by atoms with Crippen LogP contribution in [0.3, 0.4) is 0 Å². The van der Waals surface area contributed by atoms with E-state index in [0.717, 1.165) is 16.7 Å². The molecular formula is C31H26F4O2. The third-order valence-corrected chi connectivity index (χ3v) is 6.30. The van der Waals surface area contributed by atoms with Crippen LogP contribution < -0.4 is 9.47 Å². The highest BCUT2D eigenvalue weighted by Crippen LogP contribution is 2.40. The van der Waals surface area contributed by atoms with Gasteiger partial charge in [-0.25, -0.2) is 0 Å². The molecule has 0 unspecified atom stereocenters. The molecule has 0 heterocycles. The van der Waals surface area contributed by atoms with Gasteiger partial charge in [-0.15, -0.1) is 6.58 Å². The van der Waals surface area contributed by atoms with E-state index in [0.29, 0.717) is 12.0 Å². The SMILES string of the molecule is C=CCc1ccccc1Oc1c(F)c(F)c(Oc2ccc(C(C)(C)c3ccc(C)cc3)cc2)c(F)c1F. The third kappa shape index (κ3) is 5.24. The van der Waals surface area contributed by atoms with Gasteiger partial charge in [0.2, 0.25) is 34.8 Å². The summed E-state index contributed by atoms with van der Waals surface area (Å²) in [6.07, 6.45) is 1.91. The molecule has 0 fully saturated rings. The van der Waals surface area contributed by atoms with Crippen LogP contribution in [0.25, 0.3) is 0 Å². The lowest BCUT2D eigenvalue weighted by atomic mass is 9.78. The van der Waals surface area contributed by atoms with E-state index >= 15 is 0 Å². The van der Waals surface area contributed by atoms with Gasteiger partial charge in [-0.3, -0.25) is 0 Å². The van der Waals surface area contributed by atoms with E-state index in [1.807, 2.05) is 45.0 Å². The summed E-state index contributed by atoms with van der Waals surface area (Å²) < 4.78 is 69.9. The fourth-order valence-electron chi connectivity index (χ4n) is 4.00. The zero-order valence-corrected chi connectivity index (χ0v) is 20.7. The first-order chi connectivity index (χ1) is 17.6.